The van der Waals surface area contributed by atoms with Crippen molar-refractivity contribution in [1.82, 2.24) is 10.1 Å². The molecule has 1 aliphatic rings. The van der Waals surface area contributed by atoms with Gasteiger partial charge in [-0.1, -0.05) is 5.16 Å². The average molecular weight is 181 g/mol. The molecule has 0 amide bonds. The molecule has 0 saturated carbocycles. The number of likely N-dealkylation sites (N-methyl/N-ethyl adjacent to an activating group) is 1. The van der Waals surface area contributed by atoms with E-state index in [1.807, 2.05) is 6.92 Å². The predicted molar refractivity (Wildman–Crippen MR) is 49.4 cm³/mol. The molecule has 72 valence electrons. The van der Waals surface area contributed by atoms with Gasteiger partial charge >= 0.3 is 0 Å². The lowest BCUT2D eigenvalue weighted by atomic mass is 9.98. The van der Waals surface area contributed by atoms with Crippen LogP contribution in [0.15, 0.2) is 4.52 Å². The lowest BCUT2D eigenvalue weighted by Gasteiger charge is -2.30. The van der Waals surface area contributed by atoms with Crippen LogP contribution in [0.5, 0.6) is 0 Å². The Balaban J connectivity index is 2.42. The van der Waals surface area contributed by atoms with Gasteiger partial charge in [0.2, 0.25) is 0 Å². The van der Waals surface area contributed by atoms with E-state index in [0.717, 1.165) is 24.4 Å². The highest BCUT2D eigenvalue weighted by atomic mass is 16.5. The van der Waals surface area contributed by atoms with Crippen molar-refractivity contribution >= 4 is 0 Å². The summed E-state index contributed by atoms with van der Waals surface area (Å²) in [5.74, 6) is 1.02. The Morgan fingerprint density at radius 2 is 2.46 bits per heavy atom. The summed E-state index contributed by atoms with van der Waals surface area (Å²) in [7, 11) is 2.09. The fraction of sp³-hybridized carbons (Fsp3) is 0.667. The summed E-state index contributed by atoms with van der Waals surface area (Å²) in [5, 5.41) is 3.97. The van der Waals surface area contributed by atoms with Crippen LogP contribution in [0.2, 0.25) is 0 Å². The van der Waals surface area contributed by atoms with E-state index in [4.69, 9.17) is 10.3 Å². The van der Waals surface area contributed by atoms with Gasteiger partial charge in [0, 0.05) is 25.1 Å². The molecule has 2 N–H and O–H groups in total. The van der Waals surface area contributed by atoms with E-state index in [2.05, 4.69) is 17.1 Å². The minimum Gasteiger partial charge on any atom is -0.361 e. The molecule has 0 bridgehead atoms. The molecule has 1 aliphatic heterocycles. The highest BCUT2D eigenvalue weighted by molar-refractivity contribution is 5.28. The van der Waals surface area contributed by atoms with E-state index in [1.165, 1.54) is 5.56 Å². The van der Waals surface area contributed by atoms with Crippen LogP contribution in [0.4, 0.5) is 0 Å². The summed E-state index contributed by atoms with van der Waals surface area (Å²) < 4.78 is 5.23. The number of hydrogen-bond donors (Lipinski definition) is 1. The maximum atomic E-state index is 5.73. The Hall–Kier alpha value is -0.870. The quantitative estimate of drug-likeness (QED) is 0.684. The van der Waals surface area contributed by atoms with Crippen molar-refractivity contribution in [3.63, 3.8) is 0 Å². The van der Waals surface area contributed by atoms with Crippen molar-refractivity contribution in [1.29, 1.82) is 0 Å². The number of rotatable bonds is 1. The average Bonchev–Trinajstić information content (AvgIpc) is 2.49. The molecule has 0 spiro atoms. The Morgan fingerprint density at radius 1 is 1.69 bits per heavy atom. The van der Waals surface area contributed by atoms with Gasteiger partial charge in [0.25, 0.3) is 0 Å². The highest BCUT2D eigenvalue weighted by Gasteiger charge is 2.28. The van der Waals surface area contributed by atoms with E-state index in [9.17, 15) is 0 Å². The van der Waals surface area contributed by atoms with Crippen molar-refractivity contribution in [3.05, 3.63) is 17.0 Å². The summed E-state index contributed by atoms with van der Waals surface area (Å²) in [6, 6.07) is 0.287. The van der Waals surface area contributed by atoms with Crippen LogP contribution in [-0.4, -0.2) is 30.2 Å². The lowest BCUT2D eigenvalue weighted by molar-refractivity contribution is 0.220. The van der Waals surface area contributed by atoms with Gasteiger partial charge in [-0.05, 0) is 14.0 Å². The molecular weight excluding hydrogens is 166 g/mol. The first kappa shape index (κ1) is 8.72. The minimum absolute atomic E-state index is 0.287. The summed E-state index contributed by atoms with van der Waals surface area (Å²) in [4.78, 5) is 2.26. The van der Waals surface area contributed by atoms with E-state index >= 15 is 0 Å². The van der Waals surface area contributed by atoms with Gasteiger partial charge in [-0.3, -0.25) is 4.90 Å². The first-order valence-corrected chi connectivity index (χ1v) is 4.59. The zero-order chi connectivity index (χ0) is 9.42. The second-order valence-corrected chi connectivity index (χ2v) is 3.59. The third-order valence-corrected chi connectivity index (χ3v) is 2.76. The normalized spacial score (nSPS) is 23.2. The zero-order valence-corrected chi connectivity index (χ0v) is 8.08. The van der Waals surface area contributed by atoms with Crippen molar-refractivity contribution in [2.45, 2.75) is 19.4 Å². The fourth-order valence-corrected chi connectivity index (χ4v) is 1.98. The Labute approximate surface area is 77.7 Å². The second kappa shape index (κ2) is 3.12. The van der Waals surface area contributed by atoms with Gasteiger partial charge in [0.15, 0.2) is 0 Å². The molecule has 4 heteroatoms. The Morgan fingerprint density at radius 3 is 3.15 bits per heavy atom. The molecule has 1 aromatic heterocycles. The number of nitrogens with zero attached hydrogens (tertiary/aromatic N) is 2. The van der Waals surface area contributed by atoms with E-state index in [-0.39, 0.29) is 6.04 Å². The second-order valence-electron chi connectivity index (χ2n) is 3.59. The summed E-state index contributed by atoms with van der Waals surface area (Å²) in [5.41, 5.74) is 7.91. The molecule has 4 nitrogen and oxygen atoms in total. The molecule has 0 radical (unpaired) electrons. The first-order valence-electron chi connectivity index (χ1n) is 4.59. The van der Waals surface area contributed by atoms with Crippen molar-refractivity contribution in [3.8, 4) is 0 Å². The SMILES string of the molecule is Cc1noc2c1C(CN)N(C)CC2. The first-order chi connectivity index (χ1) is 6.24. The van der Waals surface area contributed by atoms with Crippen molar-refractivity contribution < 1.29 is 4.52 Å². The van der Waals surface area contributed by atoms with Gasteiger partial charge in [0.1, 0.15) is 5.76 Å². The van der Waals surface area contributed by atoms with Gasteiger partial charge < -0.3 is 10.3 Å². The van der Waals surface area contributed by atoms with Crippen LogP contribution in [0, 0.1) is 6.92 Å². The maximum Gasteiger partial charge on any atom is 0.143 e. The molecule has 2 heterocycles. The molecule has 0 aromatic carbocycles. The largest absolute Gasteiger partial charge is 0.361 e. The fourth-order valence-electron chi connectivity index (χ4n) is 1.98. The molecule has 0 aliphatic carbocycles. The van der Waals surface area contributed by atoms with Crippen molar-refractivity contribution in [2.24, 2.45) is 5.73 Å². The number of nitrogens with two attached hydrogens (primary N) is 1. The number of fused-ring (bicyclic) bond motifs is 1. The zero-order valence-electron chi connectivity index (χ0n) is 8.08. The number of aryl methyl sites for hydroxylation is 1. The molecule has 1 unspecified atom stereocenters. The van der Waals surface area contributed by atoms with Gasteiger partial charge in [-0.25, -0.2) is 0 Å². The maximum absolute atomic E-state index is 5.73. The molecule has 0 saturated heterocycles. The van der Waals surface area contributed by atoms with Crippen LogP contribution in [0.25, 0.3) is 0 Å². The number of hydrogen-bond acceptors (Lipinski definition) is 4. The van der Waals surface area contributed by atoms with E-state index < -0.39 is 0 Å². The smallest absolute Gasteiger partial charge is 0.143 e. The van der Waals surface area contributed by atoms with Crippen LogP contribution >= 0.6 is 0 Å². The van der Waals surface area contributed by atoms with Crippen LogP contribution in [0.3, 0.4) is 0 Å². The number of aromatic nitrogens is 1. The van der Waals surface area contributed by atoms with Crippen LogP contribution in [-0.2, 0) is 6.42 Å². The van der Waals surface area contributed by atoms with Crippen molar-refractivity contribution in [2.75, 3.05) is 20.1 Å². The molecule has 1 aromatic rings. The topological polar surface area (TPSA) is 55.3 Å². The Bertz CT molecular complexity index is 308. The summed E-state index contributed by atoms with van der Waals surface area (Å²) >= 11 is 0. The Kier molecular flexibility index (Phi) is 2.09. The van der Waals surface area contributed by atoms with Gasteiger partial charge in [-0.2, -0.15) is 0 Å². The van der Waals surface area contributed by atoms with Gasteiger partial charge in [0.05, 0.1) is 11.7 Å². The molecule has 1 atom stereocenters. The van der Waals surface area contributed by atoms with E-state index in [1.54, 1.807) is 0 Å². The van der Waals surface area contributed by atoms with Crippen LogP contribution < -0.4 is 5.73 Å². The molecular formula is C9H15N3O. The molecule has 2 rings (SSSR count). The monoisotopic (exact) mass is 181 g/mol. The van der Waals surface area contributed by atoms with Crippen LogP contribution in [0.1, 0.15) is 23.1 Å². The standard InChI is InChI=1S/C9H15N3O/c1-6-9-7(5-10)12(2)4-3-8(9)13-11-6/h7H,3-5,10H2,1-2H3. The lowest BCUT2D eigenvalue weighted by Crippen LogP contribution is -2.36. The highest BCUT2D eigenvalue weighted by Crippen LogP contribution is 2.29. The third kappa shape index (κ3) is 1.26. The molecule has 13 heavy (non-hydrogen) atoms. The van der Waals surface area contributed by atoms with E-state index in [0.29, 0.717) is 6.54 Å². The van der Waals surface area contributed by atoms with Gasteiger partial charge in [-0.15, -0.1) is 0 Å². The predicted octanol–water partition coefficient (Wildman–Crippen LogP) is 0.471. The minimum atomic E-state index is 0.287. The summed E-state index contributed by atoms with van der Waals surface area (Å²) in [6.07, 6.45) is 0.948. The molecule has 0 fully saturated rings. The third-order valence-electron chi connectivity index (χ3n) is 2.76. The summed E-state index contributed by atoms with van der Waals surface area (Å²) in [6.45, 7) is 3.61.